The third-order valence-corrected chi connectivity index (χ3v) is 2.79. The number of rotatable bonds is 4. The number of anilines is 1. The van der Waals surface area contributed by atoms with E-state index in [4.69, 9.17) is 4.74 Å². The first kappa shape index (κ1) is 11.5. The first-order valence-corrected chi connectivity index (χ1v) is 5.88. The second kappa shape index (κ2) is 4.93. The van der Waals surface area contributed by atoms with Crippen LogP contribution in [0.1, 0.15) is 5.56 Å². The van der Waals surface area contributed by atoms with Crippen LogP contribution in [0.15, 0.2) is 43.0 Å². The minimum absolute atomic E-state index is 0.606. The second-order valence-electron chi connectivity index (χ2n) is 4.00. The van der Waals surface area contributed by atoms with Crippen molar-refractivity contribution in [3.63, 3.8) is 0 Å². The zero-order valence-corrected chi connectivity index (χ0v) is 10.4. The number of ether oxygens (including phenoxy) is 1. The molecule has 6 nitrogen and oxygen atoms in total. The molecule has 19 heavy (non-hydrogen) atoms. The maximum atomic E-state index is 5.10. The Morgan fingerprint density at radius 2 is 2.16 bits per heavy atom. The summed E-state index contributed by atoms with van der Waals surface area (Å²) in [5, 5.41) is 7.45. The normalized spacial score (nSPS) is 10.6. The van der Waals surface area contributed by atoms with E-state index in [-0.39, 0.29) is 0 Å². The summed E-state index contributed by atoms with van der Waals surface area (Å²) >= 11 is 0. The SMILES string of the molecule is COc1cc(CNc2nccn3nccc23)ccn1. The smallest absolute Gasteiger partial charge is 0.213 e. The van der Waals surface area contributed by atoms with Gasteiger partial charge in [-0.05, 0) is 17.7 Å². The van der Waals surface area contributed by atoms with E-state index in [9.17, 15) is 0 Å². The molecule has 0 bridgehead atoms. The van der Waals surface area contributed by atoms with Crippen LogP contribution in [0.4, 0.5) is 5.82 Å². The van der Waals surface area contributed by atoms with E-state index in [0.717, 1.165) is 16.9 Å². The van der Waals surface area contributed by atoms with E-state index in [1.807, 2.05) is 24.4 Å². The molecule has 6 heteroatoms. The lowest BCUT2D eigenvalue weighted by atomic mass is 10.2. The summed E-state index contributed by atoms with van der Waals surface area (Å²) < 4.78 is 6.88. The van der Waals surface area contributed by atoms with E-state index < -0.39 is 0 Å². The number of pyridine rings is 1. The Hall–Kier alpha value is -2.63. The van der Waals surface area contributed by atoms with Crippen molar-refractivity contribution in [2.24, 2.45) is 0 Å². The topological polar surface area (TPSA) is 64.3 Å². The Morgan fingerprint density at radius 1 is 1.21 bits per heavy atom. The Labute approximate surface area is 110 Å². The molecule has 3 aromatic heterocycles. The molecule has 0 aliphatic rings. The molecular weight excluding hydrogens is 242 g/mol. The second-order valence-corrected chi connectivity index (χ2v) is 4.00. The molecule has 3 aromatic rings. The third kappa shape index (κ3) is 2.33. The zero-order chi connectivity index (χ0) is 13.1. The van der Waals surface area contributed by atoms with Crippen LogP contribution in [-0.4, -0.2) is 26.7 Å². The lowest BCUT2D eigenvalue weighted by Crippen LogP contribution is -2.04. The van der Waals surface area contributed by atoms with E-state index in [2.05, 4.69) is 20.4 Å². The maximum Gasteiger partial charge on any atom is 0.213 e. The quantitative estimate of drug-likeness (QED) is 0.769. The number of hydrogen-bond acceptors (Lipinski definition) is 5. The van der Waals surface area contributed by atoms with Gasteiger partial charge in [-0.25, -0.2) is 14.5 Å². The van der Waals surface area contributed by atoms with Crippen molar-refractivity contribution in [3.8, 4) is 5.88 Å². The molecule has 0 radical (unpaired) electrons. The number of nitrogens with one attached hydrogen (secondary N) is 1. The van der Waals surface area contributed by atoms with Crippen molar-refractivity contribution in [2.45, 2.75) is 6.54 Å². The van der Waals surface area contributed by atoms with Crippen LogP contribution in [0.5, 0.6) is 5.88 Å². The Morgan fingerprint density at radius 3 is 3.05 bits per heavy atom. The highest BCUT2D eigenvalue weighted by Crippen LogP contribution is 2.15. The largest absolute Gasteiger partial charge is 0.481 e. The van der Waals surface area contributed by atoms with Gasteiger partial charge in [-0.2, -0.15) is 5.10 Å². The van der Waals surface area contributed by atoms with Crippen molar-refractivity contribution in [1.82, 2.24) is 19.6 Å². The summed E-state index contributed by atoms with van der Waals surface area (Å²) in [5.74, 6) is 1.41. The molecule has 0 spiro atoms. The average Bonchev–Trinajstić information content (AvgIpc) is 2.94. The standard InChI is InChI=1S/C13H13N5O/c1-19-12-8-10(2-4-14-12)9-16-13-11-3-5-17-18(11)7-6-15-13/h2-8H,9H2,1H3,(H,15,16). The lowest BCUT2D eigenvalue weighted by molar-refractivity contribution is 0.397. The molecule has 1 N–H and O–H groups in total. The number of fused-ring (bicyclic) bond motifs is 1. The number of methoxy groups -OCH3 is 1. The highest BCUT2D eigenvalue weighted by atomic mass is 16.5. The van der Waals surface area contributed by atoms with E-state index in [1.165, 1.54) is 0 Å². The van der Waals surface area contributed by atoms with Crippen LogP contribution in [0.2, 0.25) is 0 Å². The zero-order valence-electron chi connectivity index (χ0n) is 10.4. The molecule has 0 amide bonds. The highest BCUT2D eigenvalue weighted by molar-refractivity contribution is 5.66. The molecule has 96 valence electrons. The van der Waals surface area contributed by atoms with E-state index >= 15 is 0 Å². The molecule has 0 fully saturated rings. The fourth-order valence-corrected chi connectivity index (χ4v) is 1.85. The van der Waals surface area contributed by atoms with E-state index in [0.29, 0.717) is 12.4 Å². The van der Waals surface area contributed by atoms with Crippen LogP contribution >= 0.6 is 0 Å². The van der Waals surface area contributed by atoms with Crippen LogP contribution in [0, 0.1) is 0 Å². The third-order valence-electron chi connectivity index (χ3n) is 2.79. The molecule has 0 saturated heterocycles. The summed E-state index contributed by atoms with van der Waals surface area (Å²) in [6.07, 6.45) is 7.01. The minimum atomic E-state index is 0.606. The Balaban J connectivity index is 1.80. The molecule has 0 aliphatic heterocycles. The van der Waals surface area contributed by atoms with Crippen LogP contribution in [-0.2, 0) is 6.54 Å². The summed E-state index contributed by atoms with van der Waals surface area (Å²) in [6, 6.07) is 5.75. The maximum absolute atomic E-state index is 5.10. The highest BCUT2D eigenvalue weighted by Gasteiger charge is 2.03. The van der Waals surface area contributed by atoms with Crippen LogP contribution in [0.25, 0.3) is 5.52 Å². The molecular formula is C13H13N5O. The minimum Gasteiger partial charge on any atom is -0.481 e. The van der Waals surface area contributed by atoms with Crippen LogP contribution < -0.4 is 10.1 Å². The Kier molecular flexibility index (Phi) is 2.97. The van der Waals surface area contributed by atoms with Gasteiger partial charge < -0.3 is 10.1 Å². The molecule has 0 atom stereocenters. The van der Waals surface area contributed by atoms with Gasteiger partial charge in [0.15, 0.2) is 5.82 Å². The van der Waals surface area contributed by atoms with Crippen LogP contribution in [0.3, 0.4) is 0 Å². The fraction of sp³-hybridized carbons (Fsp3) is 0.154. The van der Waals surface area contributed by atoms with Gasteiger partial charge in [-0.3, -0.25) is 0 Å². The average molecular weight is 255 g/mol. The number of aromatic nitrogens is 4. The number of hydrogen-bond donors (Lipinski definition) is 1. The first-order valence-electron chi connectivity index (χ1n) is 5.88. The van der Waals surface area contributed by atoms with Crippen molar-refractivity contribution < 1.29 is 4.74 Å². The van der Waals surface area contributed by atoms with Gasteiger partial charge in [-0.1, -0.05) is 0 Å². The summed E-state index contributed by atoms with van der Waals surface area (Å²) in [6.45, 7) is 0.650. The fourth-order valence-electron chi connectivity index (χ4n) is 1.85. The van der Waals surface area contributed by atoms with Crippen molar-refractivity contribution >= 4 is 11.3 Å². The Bertz CT molecular complexity index is 694. The van der Waals surface area contributed by atoms with Gasteiger partial charge in [0.2, 0.25) is 5.88 Å². The summed E-state index contributed by atoms with van der Waals surface area (Å²) in [4.78, 5) is 8.39. The number of nitrogens with zero attached hydrogens (tertiary/aromatic N) is 4. The van der Waals surface area contributed by atoms with E-state index in [1.54, 1.807) is 30.2 Å². The van der Waals surface area contributed by atoms with Gasteiger partial charge in [0.05, 0.1) is 13.3 Å². The molecule has 0 aromatic carbocycles. The van der Waals surface area contributed by atoms with Gasteiger partial charge in [-0.15, -0.1) is 0 Å². The summed E-state index contributed by atoms with van der Waals surface area (Å²) in [5.41, 5.74) is 2.03. The lowest BCUT2D eigenvalue weighted by Gasteiger charge is -2.07. The molecule has 3 heterocycles. The molecule has 0 aliphatic carbocycles. The predicted molar refractivity (Wildman–Crippen MR) is 71.1 cm³/mol. The van der Waals surface area contributed by atoms with Crippen molar-refractivity contribution in [3.05, 3.63) is 48.5 Å². The van der Waals surface area contributed by atoms with Gasteiger partial charge >= 0.3 is 0 Å². The van der Waals surface area contributed by atoms with Crippen molar-refractivity contribution in [2.75, 3.05) is 12.4 Å². The summed E-state index contributed by atoms with van der Waals surface area (Å²) in [7, 11) is 1.61. The predicted octanol–water partition coefficient (Wildman–Crippen LogP) is 1.74. The van der Waals surface area contributed by atoms with Crippen molar-refractivity contribution in [1.29, 1.82) is 0 Å². The molecule has 3 rings (SSSR count). The molecule has 0 saturated carbocycles. The first-order chi connectivity index (χ1) is 9.36. The van der Waals surface area contributed by atoms with Gasteiger partial charge in [0.25, 0.3) is 0 Å². The monoisotopic (exact) mass is 255 g/mol. The van der Waals surface area contributed by atoms with Gasteiger partial charge in [0.1, 0.15) is 5.52 Å². The van der Waals surface area contributed by atoms with Gasteiger partial charge in [0, 0.05) is 31.2 Å². The molecule has 0 unspecified atom stereocenters.